The molecule has 1 heteroatoms. The molecule has 2 fully saturated rings. The quantitative estimate of drug-likeness (QED) is 0.581. The first-order valence-corrected chi connectivity index (χ1v) is 5.28. The molecule has 0 aromatic heterocycles. The van der Waals surface area contributed by atoms with Gasteiger partial charge in [0.15, 0.2) is 0 Å². The summed E-state index contributed by atoms with van der Waals surface area (Å²) in [4.78, 5) is 2.73. The molecule has 0 aromatic rings. The van der Waals surface area contributed by atoms with Gasteiger partial charge in [0.05, 0.1) is 0 Å². The van der Waals surface area contributed by atoms with Gasteiger partial charge in [0.1, 0.15) is 0 Å². The van der Waals surface area contributed by atoms with E-state index < -0.39 is 0 Å². The largest absolute Gasteiger partial charge is 0.297 e. The molecule has 0 amide bonds. The van der Waals surface area contributed by atoms with Crippen molar-refractivity contribution in [3.05, 3.63) is 12.7 Å². The molecule has 2 rings (SSSR count). The molecule has 0 radical (unpaired) electrons. The topological polar surface area (TPSA) is 3.24 Å². The van der Waals surface area contributed by atoms with Gasteiger partial charge in [-0.05, 0) is 32.1 Å². The molecular formula is C11H19N. The van der Waals surface area contributed by atoms with E-state index in [1.54, 1.807) is 0 Å². The zero-order valence-electron chi connectivity index (χ0n) is 7.84. The van der Waals surface area contributed by atoms with Crippen molar-refractivity contribution in [2.45, 2.75) is 50.6 Å². The number of nitrogens with zero attached hydrogens (tertiary/aromatic N) is 1. The molecule has 2 aliphatic rings. The Morgan fingerprint density at radius 1 is 1.17 bits per heavy atom. The smallest absolute Gasteiger partial charge is 0.00989 e. The minimum absolute atomic E-state index is 0.934. The van der Waals surface area contributed by atoms with Crippen LogP contribution in [0.15, 0.2) is 12.7 Å². The van der Waals surface area contributed by atoms with Crippen molar-refractivity contribution in [3.63, 3.8) is 0 Å². The van der Waals surface area contributed by atoms with Crippen LogP contribution in [0.3, 0.4) is 0 Å². The number of fused-ring (bicyclic) bond motifs is 2. The van der Waals surface area contributed by atoms with Gasteiger partial charge in [-0.15, -0.1) is 6.58 Å². The van der Waals surface area contributed by atoms with Gasteiger partial charge in [-0.25, -0.2) is 0 Å². The second-order valence-electron chi connectivity index (χ2n) is 4.13. The van der Waals surface area contributed by atoms with Crippen LogP contribution in [0.2, 0.25) is 0 Å². The SMILES string of the molecule is C=CCCN1C2CCCC1CC2. The molecule has 2 atom stereocenters. The number of rotatable bonds is 3. The van der Waals surface area contributed by atoms with Gasteiger partial charge < -0.3 is 0 Å². The van der Waals surface area contributed by atoms with Crippen molar-refractivity contribution in [1.82, 2.24) is 4.90 Å². The maximum atomic E-state index is 3.79. The third-order valence-electron chi connectivity index (χ3n) is 3.44. The van der Waals surface area contributed by atoms with E-state index in [9.17, 15) is 0 Å². The standard InChI is InChI=1S/C11H19N/c1-2-3-9-12-10-5-4-6-11(12)8-7-10/h2,10-11H,1,3-9H2. The predicted octanol–water partition coefficient (Wildman–Crippen LogP) is 2.58. The predicted molar refractivity (Wildman–Crippen MR) is 52.2 cm³/mol. The summed E-state index contributed by atoms with van der Waals surface area (Å²) in [6, 6.07) is 1.87. The van der Waals surface area contributed by atoms with Crippen LogP contribution in [0.25, 0.3) is 0 Å². The molecule has 2 aliphatic heterocycles. The molecule has 2 bridgehead atoms. The number of piperidine rings is 1. The highest BCUT2D eigenvalue weighted by Crippen LogP contribution is 2.35. The van der Waals surface area contributed by atoms with Crippen LogP contribution in [0.4, 0.5) is 0 Å². The molecule has 68 valence electrons. The molecule has 0 N–H and O–H groups in total. The first kappa shape index (κ1) is 8.31. The van der Waals surface area contributed by atoms with E-state index in [0.29, 0.717) is 0 Å². The highest BCUT2D eigenvalue weighted by atomic mass is 15.2. The fourth-order valence-electron chi connectivity index (χ4n) is 2.83. The molecule has 0 aromatic carbocycles. The first-order chi connectivity index (χ1) is 5.92. The Morgan fingerprint density at radius 3 is 2.42 bits per heavy atom. The number of hydrogen-bond donors (Lipinski definition) is 0. The normalized spacial score (nSPS) is 35.3. The van der Waals surface area contributed by atoms with Gasteiger partial charge in [0, 0.05) is 18.6 Å². The van der Waals surface area contributed by atoms with Crippen molar-refractivity contribution < 1.29 is 0 Å². The summed E-state index contributed by atoms with van der Waals surface area (Å²) in [5.41, 5.74) is 0. The lowest BCUT2D eigenvalue weighted by Crippen LogP contribution is -2.39. The van der Waals surface area contributed by atoms with Gasteiger partial charge in [-0.3, -0.25) is 4.90 Å². The van der Waals surface area contributed by atoms with E-state index in [1.165, 1.54) is 45.1 Å². The summed E-state index contributed by atoms with van der Waals surface area (Å²) < 4.78 is 0. The maximum absolute atomic E-state index is 3.79. The lowest BCUT2D eigenvalue weighted by atomic mass is 10.0. The van der Waals surface area contributed by atoms with Crippen LogP contribution >= 0.6 is 0 Å². The van der Waals surface area contributed by atoms with Crippen LogP contribution in [0.5, 0.6) is 0 Å². The van der Waals surface area contributed by atoms with Crippen molar-refractivity contribution in [2.75, 3.05) is 6.54 Å². The highest BCUT2D eigenvalue weighted by molar-refractivity contribution is 4.92. The summed E-state index contributed by atoms with van der Waals surface area (Å²) >= 11 is 0. The van der Waals surface area contributed by atoms with Gasteiger partial charge in [-0.1, -0.05) is 12.5 Å². The zero-order valence-corrected chi connectivity index (χ0v) is 7.84. The van der Waals surface area contributed by atoms with Crippen molar-refractivity contribution >= 4 is 0 Å². The Hall–Kier alpha value is -0.300. The van der Waals surface area contributed by atoms with E-state index in [2.05, 4.69) is 11.5 Å². The van der Waals surface area contributed by atoms with E-state index in [0.717, 1.165) is 12.1 Å². The summed E-state index contributed by atoms with van der Waals surface area (Å²) in [5.74, 6) is 0. The Balaban J connectivity index is 1.91. The first-order valence-electron chi connectivity index (χ1n) is 5.28. The lowest BCUT2D eigenvalue weighted by Gasteiger charge is -2.34. The molecule has 1 nitrogen and oxygen atoms in total. The average Bonchev–Trinajstić information content (AvgIpc) is 2.36. The van der Waals surface area contributed by atoms with Crippen LogP contribution in [-0.4, -0.2) is 23.5 Å². The minimum atomic E-state index is 0.934. The zero-order chi connectivity index (χ0) is 8.39. The van der Waals surface area contributed by atoms with Crippen molar-refractivity contribution in [1.29, 1.82) is 0 Å². The van der Waals surface area contributed by atoms with Gasteiger partial charge in [0.25, 0.3) is 0 Å². The Bertz CT molecular complexity index is 148. The van der Waals surface area contributed by atoms with Gasteiger partial charge in [-0.2, -0.15) is 0 Å². The van der Waals surface area contributed by atoms with Crippen LogP contribution in [-0.2, 0) is 0 Å². The fraction of sp³-hybridized carbons (Fsp3) is 0.818. The van der Waals surface area contributed by atoms with Crippen LogP contribution in [0.1, 0.15) is 38.5 Å². The van der Waals surface area contributed by atoms with E-state index in [1.807, 2.05) is 6.08 Å². The molecule has 0 saturated carbocycles. The van der Waals surface area contributed by atoms with Gasteiger partial charge in [0.2, 0.25) is 0 Å². The van der Waals surface area contributed by atoms with E-state index >= 15 is 0 Å². The summed E-state index contributed by atoms with van der Waals surface area (Å²) in [5, 5.41) is 0. The fourth-order valence-corrected chi connectivity index (χ4v) is 2.83. The molecule has 0 spiro atoms. The van der Waals surface area contributed by atoms with Crippen LogP contribution in [0, 0.1) is 0 Å². The summed E-state index contributed by atoms with van der Waals surface area (Å²) in [7, 11) is 0. The third-order valence-corrected chi connectivity index (χ3v) is 3.44. The number of hydrogen-bond acceptors (Lipinski definition) is 1. The highest BCUT2D eigenvalue weighted by Gasteiger charge is 2.35. The second kappa shape index (κ2) is 3.61. The van der Waals surface area contributed by atoms with Crippen molar-refractivity contribution in [3.8, 4) is 0 Å². The second-order valence-corrected chi connectivity index (χ2v) is 4.13. The van der Waals surface area contributed by atoms with E-state index in [-0.39, 0.29) is 0 Å². The molecule has 12 heavy (non-hydrogen) atoms. The molecule has 0 aliphatic carbocycles. The molecule has 2 heterocycles. The van der Waals surface area contributed by atoms with Gasteiger partial charge >= 0.3 is 0 Å². The lowest BCUT2D eigenvalue weighted by molar-refractivity contribution is 0.143. The monoisotopic (exact) mass is 165 g/mol. The van der Waals surface area contributed by atoms with Crippen LogP contribution < -0.4 is 0 Å². The minimum Gasteiger partial charge on any atom is -0.297 e. The average molecular weight is 165 g/mol. The Labute approximate surface area is 75.4 Å². The molecular weight excluding hydrogens is 146 g/mol. The summed E-state index contributed by atoms with van der Waals surface area (Å²) in [6.45, 7) is 5.05. The molecule has 2 saturated heterocycles. The molecule has 2 unspecified atom stereocenters. The Kier molecular flexibility index (Phi) is 2.50. The van der Waals surface area contributed by atoms with E-state index in [4.69, 9.17) is 0 Å². The Morgan fingerprint density at radius 2 is 1.83 bits per heavy atom. The maximum Gasteiger partial charge on any atom is 0.00989 e. The third kappa shape index (κ3) is 1.42. The van der Waals surface area contributed by atoms with Crippen molar-refractivity contribution in [2.24, 2.45) is 0 Å². The summed E-state index contributed by atoms with van der Waals surface area (Å²) in [6.07, 6.45) is 10.5.